The summed E-state index contributed by atoms with van der Waals surface area (Å²) >= 11 is 6.24. The molecule has 6 N–H and O–H groups in total. The summed E-state index contributed by atoms with van der Waals surface area (Å²) in [5, 5.41) is 44.0. The summed E-state index contributed by atoms with van der Waals surface area (Å²) in [6.45, 7) is -0.328. The molecule has 5 rings (SSSR count). The van der Waals surface area contributed by atoms with Crippen molar-refractivity contribution < 1.29 is 20.4 Å². The number of aromatic amines is 1. The lowest BCUT2D eigenvalue weighted by molar-refractivity contribution is 0.0169. The number of anilines is 1. The van der Waals surface area contributed by atoms with Crippen LogP contribution >= 0.6 is 11.6 Å². The summed E-state index contributed by atoms with van der Waals surface area (Å²) in [5.74, 6) is 0.401. The molecule has 1 aliphatic carbocycles. The number of hydrogen-bond donors (Lipinski definition) is 6. The largest absolute Gasteiger partial charge is 0.394 e. The number of benzene rings is 1. The number of imidazole rings is 2. The van der Waals surface area contributed by atoms with Gasteiger partial charge in [0, 0.05) is 5.92 Å². The Morgan fingerprint density at radius 2 is 1.91 bits per heavy atom. The summed E-state index contributed by atoms with van der Waals surface area (Å²) in [5.41, 5.74) is 2.42. The average molecular weight is 500 g/mol. The number of H-pyrrole nitrogens is 1. The molecule has 35 heavy (non-hydrogen) atoms. The monoisotopic (exact) mass is 499 g/mol. The van der Waals surface area contributed by atoms with Crippen LogP contribution in [0.25, 0.3) is 11.2 Å². The molecular formula is C23H26ClN7O4. The van der Waals surface area contributed by atoms with Crippen LogP contribution in [0.1, 0.15) is 35.5 Å². The quantitative estimate of drug-likeness (QED) is 0.195. The molecule has 0 bridgehead atoms. The normalized spacial score (nSPS) is 23.1. The second-order valence-electron chi connectivity index (χ2n) is 8.72. The van der Waals surface area contributed by atoms with Gasteiger partial charge in [-0.3, -0.25) is 0 Å². The van der Waals surface area contributed by atoms with Crippen LogP contribution in [0.5, 0.6) is 0 Å². The molecule has 0 saturated heterocycles. The summed E-state index contributed by atoms with van der Waals surface area (Å²) in [4.78, 5) is 20.3. The Kier molecular flexibility index (Phi) is 6.67. The summed E-state index contributed by atoms with van der Waals surface area (Å²) in [6.07, 6.45) is 1.80. The van der Waals surface area contributed by atoms with E-state index in [2.05, 4.69) is 30.2 Å². The van der Waals surface area contributed by atoms with Crippen molar-refractivity contribution in [1.82, 2.24) is 29.5 Å². The molecule has 12 heteroatoms. The second-order valence-corrected chi connectivity index (χ2v) is 9.06. The Labute approximate surface area is 205 Å². The van der Waals surface area contributed by atoms with Crippen molar-refractivity contribution in [3.63, 3.8) is 0 Å². The third-order valence-electron chi connectivity index (χ3n) is 6.46. The fraction of sp³-hybridized carbons (Fsp3) is 0.391. The molecule has 0 aliphatic heterocycles. The van der Waals surface area contributed by atoms with E-state index in [0.717, 1.165) is 5.56 Å². The number of hydrogen-bond acceptors (Lipinski definition) is 9. The zero-order valence-electron chi connectivity index (χ0n) is 18.7. The van der Waals surface area contributed by atoms with Crippen LogP contribution in [0.15, 0.2) is 42.9 Å². The Hall–Kier alpha value is -3.09. The first-order valence-electron chi connectivity index (χ1n) is 11.3. The van der Waals surface area contributed by atoms with E-state index in [9.17, 15) is 20.4 Å². The third-order valence-corrected chi connectivity index (χ3v) is 6.63. The van der Waals surface area contributed by atoms with Gasteiger partial charge in [-0.1, -0.05) is 30.3 Å². The number of aromatic nitrogens is 6. The smallest absolute Gasteiger partial charge is 0.226 e. The molecule has 4 aromatic rings. The molecule has 0 amide bonds. The average Bonchev–Trinajstić information content (AvgIpc) is 3.57. The van der Waals surface area contributed by atoms with E-state index in [1.54, 1.807) is 4.57 Å². The first-order chi connectivity index (χ1) is 17.0. The number of halogens is 1. The van der Waals surface area contributed by atoms with Crippen LogP contribution < -0.4 is 5.32 Å². The molecule has 0 radical (unpaired) electrons. The van der Waals surface area contributed by atoms with E-state index in [-0.39, 0.29) is 24.5 Å². The molecule has 1 saturated carbocycles. The molecule has 1 fully saturated rings. The van der Waals surface area contributed by atoms with Gasteiger partial charge in [0.2, 0.25) is 5.28 Å². The molecular weight excluding hydrogens is 474 g/mol. The molecule has 3 heterocycles. The predicted molar refractivity (Wildman–Crippen MR) is 128 cm³/mol. The van der Waals surface area contributed by atoms with E-state index in [4.69, 9.17) is 11.6 Å². The van der Waals surface area contributed by atoms with Crippen molar-refractivity contribution in [2.75, 3.05) is 11.9 Å². The van der Waals surface area contributed by atoms with Crippen molar-refractivity contribution in [1.29, 1.82) is 0 Å². The lowest BCUT2D eigenvalue weighted by Crippen LogP contribution is -2.29. The first-order valence-corrected chi connectivity index (χ1v) is 11.7. The van der Waals surface area contributed by atoms with Gasteiger partial charge in [-0.15, -0.1) is 0 Å². The van der Waals surface area contributed by atoms with Crippen LogP contribution in [-0.2, 0) is 13.0 Å². The van der Waals surface area contributed by atoms with Gasteiger partial charge in [0.25, 0.3) is 0 Å². The van der Waals surface area contributed by atoms with E-state index in [0.29, 0.717) is 41.3 Å². The minimum absolute atomic E-state index is 0.0126. The van der Waals surface area contributed by atoms with E-state index in [1.807, 2.05) is 30.3 Å². The molecule has 5 atom stereocenters. The Morgan fingerprint density at radius 3 is 2.63 bits per heavy atom. The lowest BCUT2D eigenvalue weighted by atomic mass is 10.1. The fourth-order valence-corrected chi connectivity index (χ4v) is 4.85. The van der Waals surface area contributed by atoms with Gasteiger partial charge in [-0.2, -0.15) is 9.97 Å². The van der Waals surface area contributed by atoms with Crippen molar-refractivity contribution >= 4 is 28.6 Å². The Morgan fingerprint density at radius 1 is 1.11 bits per heavy atom. The predicted octanol–water partition coefficient (Wildman–Crippen LogP) is 1.16. The highest BCUT2D eigenvalue weighted by Gasteiger charge is 2.45. The molecule has 1 aromatic carbocycles. The van der Waals surface area contributed by atoms with Crippen LogP contribution in [0, 0.1) is 0 Å². The van der Waals surface area contributed by atoms with Gasteiger partial charge in [0.05, 0.1) is 49.6 Å². The van der Waals surface area contributed by atoms with E-state index < -0.39 is 24.2 Å². The molecule has 3 aromatic heterocycles. The molecule has 1 aliphatic rings. The third kappa shape index (κ3) is 4.60. The maximum absolute atomic E-state index is 10.9. The first kappa shape index (κ1) is 23.6. The zero-order chi connectivity index (χ0) is 24.5. The van der Waals surface area contributed by atoms with Crippen molar-refractivity contribution in [2.24, 2.45) is 0 Å². The maximum atomic E-state index is 10.9. The minimum atomic E-state index is -1.10. The number of rotatable bonds is 8. The highest BCUT2D eigenvalue weighted by atomic mass is 35.5. The standard InChI is InChI=1S/C23H26ClN7O4/c24-23-29-21(27-13(9-32)6-12-4-2-1-3-5-12)17-22(30-23)31(11-26-17)16-7-15(18(34)19(16)35)20-25-8-14(10-33)28-20/h1-5,8,11,13,15-16,18-19,32-35H,6-7,9-10H2,(H,25,28)(H,27,29,30)/t13-,15-,16+,18+,19-/m0/s1. The minimum Gasteiger partial charge on any atom is -0.394 e. The molecule has 0 spiro atoms. The maximum Gasteiger partial charge on any atom is 0.226 e. The van der Waals surface area contributed by atoms with Crippen LogP contribution in [0.2, 0.25) is 5.28 Å². The topological polar surface area (TPSA) is 165 Å². The lowest BCUT2D eigenvalue weighted by Gasteiger charge is -2.19. The fourth-order valence-electron chi connectivity index (χ4n) is 4.69. The number of nitrogens with zero attached hydrogens (tertiary/aromatic N) is 5. The number of nitrogens with one attached hydrogen (secondary N) is 2. The Bertz CT molecular complexity index is 1300. The Balaban J connectivity index is 1.43. The van der Waals surface area contributed by atoms with Crippen molar-refractivity contribution in [3.8, 4) is 0 Å². The van der Waals surface area contributed by atoms with Crippen LogP contribution in [0.3, 0.4) is 0 Å². The number of fused-ring (bicyclic) bond motifs is 1. The summed E-state index contributed by atoms with van der Waals surface area (Å²) < 4.78 is 1.68. The van der Waals surface area contributed by atoms with Crippen LogP contribution in [0.4, 0.5) is 5.82 Å². The van der Waals surface area contributed by atoms with Gasteiger partial charge < -0.3 is 35.3 Å². The van der Waals surface area contributed by atoms with Gasteiger partial charge in [-0.25, -0.2) is 9.97 Å². The van der Waals surface area contributed by atoms with Gasteiger partial charge in [0.15, 0.2) is 17.0 Å². The van der Waals surface area contributed by atoms with E-state index in [1.165, 1.54) is 12.5 Å². The SMILES string of the molecule is OCc1cnc([C@H]2C[C@@H](n3cnc4c(N[C@H](CO)Cc5ccccc5)nc(Cl)nc43)[C@H](O)[C@@H]2O)[nH]1. The van der Waals surface area contributed by atoms with E-state index >= 15 is 0 Å². The van der Waals surface area contributed by atoms with Crippen molar-refractivity contribution in [3.05, 3.63) is 65.2 Å². The highest BCUT2D eigenvalue weighted by molar-refractivity contribution is 6.28. The highest BCUT2D eigenvalue weighted by Crippen LogP contribution is 2.42. The zero-order valence-corrected chi connectivity index (χ0v) is 19.4. The van der Waals surface area contributed by atoms with Crippen molar-refractivity contribution in [2.45, 2.75) is 49.7 Å². The van der Waals surface area contributed by atoms with Crippen LogP contribution in [-0.4, -0.2) is 74.8 Å². The molecule has 184 valence electrons. The molecule has 0 unspecified atom stereocenters. The second kappa shape index (κ2) is 9.88. The molecule has 11 nitrogen and oxygen atoms in total. The summed E-state index contributed by atoms with van der Waals surface area (Å²) in [6, 6.07) is 8.89. The van der Waals surface area contributed by atoms with Gasteiger partial charge >= 0.3 is 0 Å². The van der Waals surface area contributed by atoms with Gasteiger partial charge in [0.1, 0.15) is 11.9 Å². The summed E-state index contributed by atoms with van der Waals surface area (Å²) in [7, 11) is 0. The number of aliphatic hydroxyl groups excluding tert-OH is 4. The van der Waals surface area contributed by atoms with Gasteiger partial charge in [-0.05, 0) is 30.0 Å². The number of aliphatic hydroxyl groups is 4.